The number of nitrogens with zero attached hydrogens (tertiary/aromatic N) is 3. The van der Waals surface area contributed by atoms with Crippen LogP contribution in [0.1, 0.15) is 130 Å². The summed E-state index contributed by atoms with van der Waals surface area (Å²) in [5.74, 6) is 1.33. The number of aryl methyl sites for hydroxylation is 3. The van der Waals surface area contributed by atoms with E-state index in [2.05, 4.69) is 108 Å². The third-order valence-corrected chi connectivity index (χ3v) is 13.8. The van der Waals surface area contributed by atoms with Crippen molar-refractivity contribution in [2.24, 2.45) is 0 Å². The summed E-state index contributed by atoms with van der Waals surface area (Å²) in [5.41, 5.74) is 6.62. The Hall–Kier alpha value is -3.45. The Morgan fingerprint density at radius 3 is 1.33 bits per heavy atom. The van der Waals surface area contributed by atoms with E-state index in [9.17, 15) is 14.4 Å². The highest BCUT2D eigenvalue weighted by molar-refractivity contribution is 5.92. The van der Waals surface area contributed by atoms with Gasteiger partial charge < -0.3 is 0 Å². The lowest BCUT2D eigenvalue weighted by Crippen LogP contribution is -2.58. The molecule has 0 aromatic heterocycles. The number of benzene rings is 3. The predicted octanol–water partition coefficient (Wildman–Crippen LogP) is 9.12. The second-order valence-corrected chi connectivity index (χ2v) is 17.0. The molecule has 9 rings (SSSR count). The van der Waals surface area contributed by atoms with Crippen LogP contribution in [0, 0.1) is 20.8 Å². The van der Waals surface area contributed by atoms with E-state index >= 15 is 0 Å². The van der Waals surface area contributed by atoms with Crippen LogP contribution in [0.2, 0.25) is 0 Å². The van der Waals surface area contributed by atoms with Crippen molar-refractivity contribution < 1.29 is 14.4 Å². The number of hydrogen-bond donors (Lipinski definition) is 0. The number of hydrogen-bond acceptors (Lipinski definition) is 6. The lowest BCUT2D eigenvalue weighted by molar-refractivity contribution is -0.139. The van der Waals surface area contributed by atoms with Gasteiger partial charge in [0.15, 0.2) is 17.3 Å². The smallest absolute Gasteiger partial charge is 0.157 e. The summed E-state index contributed by atoms with van der Waals surface area (Å²) in [4.78, 5) is 45.1. The molecule has 6 nitrogen and oxygen atoms in total. The first-order valence-electron chi connectivity index (χ1n) is 21.3. The molecule has 0 amide bonds. The molecule has 3 aliphatic carbocycles. The molecular weight excluding hydrogens is 667 g/mol. The molecule has 3 heterocycles. The second-order valence-electron chi connectivity index (χ2n) is 17.0. The van der Waals surface area contributed by atoms with Crippen molar-refractivity contribution in [3.05, 3.63) is 106 Å². The fourth-order valence-electron chi connectivity index (χ4n) is 10.3. The highest BCUT2D eigenvalue weighted by Crippen LogP contribution is 2.45. The van der Waals surface area contributed by atoms with Gasteiger partial charge in [0.05, 0.1) is 0 Å². The summed E-state index contributed by atoms with van der Waals surface area (Å²) in [6.07, 6.45) is 15.7. The van der Waals surface area contributed by atoms with E-state index in [4.69, 9.17) is 0 Å². The number of likely N-dealkylation sites (tertiary alicyclic amines) is 3. The molecule has 3 atom stereocenters. The molecule has 0 bridgehead atoms. The average molecular weight is 730 g/mol. The van der Waals surface area contributed by atoms with E-state index < -0.39 is 0 Å². The number of rotatable bonds is 6. The van der Waals surface area contributed by atoms with Gasteiger partial charge in [-0.15, -0.1) is 0 Å². The molecule has 3 saturated heterocycles. The largest absolute Gasteiger partial charge is 0.297 e. The molecule has 3 saturated carbocycles. The minimum Gasteiger partial charge on any atom is -0.297 e. The third-order valence-electron chi connectivity index (χ3n) is 13.8. The van der Waals surface area contributed by atoms with Crippen molar-refractivity contribution in [1.29, 1.82) is 0 Å². The Bertz CT molecular complexity index is 1790. The minimum atomic E-state index is -0.290. The second kappa shape index (κ2) is 16.7. The fourth-order valence-corrected chi connectivity index (χ4v) is 10.3. The van der Waals surface area contributed by atoms with Gasteiger partial charge in [-0.1, -0.05) is 103 Å². The molecule has 6 heteroatoms. The first kappa shape index (κ1) is 38.8. The Labute approximate surface area is 324 Å². The average Bonchev–Trinajstić information content (AvgIpc) is 3.10. The van der Waals surface area contributed by atoms with Crippen molar-refractivity contribution in [3.8, 4) is 0 Å². The maximum Gasteiger partial charge on any atom is 0.157 e. The Kier molecular flexibility index (Phi) is 12.0. The first-order chi connectivity index (χ1) is 26.2. The molecule has 3 aromatic rings. The Balaban J connectivity index is 0.000000125. The molecule has 0 spiro atoms. The Morgan fingerprint density at radius 2 is 0.889 bits per heavy atom. The molecule has 3 aliphatic heterocycles. The van der Waals surface area contributed by atoms with Gasteiger partial charge >= 0.3 is 0 Å². The number of Topliss-reactive ketones (excluding diaryl/α,β-unsaturated/α-hetero) is 3. The van der Waals surface area contributed by atoms with Crippen molar-refractivity contribution in [2.75, 3.05) is 39.3 Å². The molecule has 6 fully saturated rings. The van der Waals surface area contributed by atoms with Gasteiger partial charge in [-0.3, -0.25) is 29.1 Å². The summed E-state index contributed by atoms with van der Waals surface area (Å²) in [5, 5.41) is 0. The minimum absolute atomic E-state index is 0.287. The van der Waals surface area contributed by atoms with Crippen LogP contribution in [0.3, 0.4) is 0 Å². The summed E-state index contributed by atoms with van der Waals surface area (Å²) >= 11 is 0. The summed E-state index contributed by atoms with van der Waals surface area (Å²) < 4.78 is 0. The van der Waals surface area contributed by atoms with Gasteiger partial charge in [0, 0.05) is 58.5 Å². The summed E-state index contributed by atoms with van der Waals surface area (Å²) in [6.45, 7) is 12.8. The lowest BCUT2D eigenvalue weighted by Gasteiger charge is -2.50. The van der Waals surface area contributed by atoms with Crippen molar-refractivity contribution in [2.45, 2.75) is 134 Å². The Morgan fingerprint density at radius 1 is 0.426 bits per heavy atom. The normalized spacial score (nSPS) is 29.1. The van der Waals surface area contributed by atoms with E-state index in [0.717, 1.165) is 97.1 Å². The molecule has 0 N–H and O–H groups in total. The third kappa shape index (κ3) is 7.19. The van der Waals surface area contributed by atoms with Crippen LogP contribution in [-0.4, -0.2) is 71.3 Å². The van der Waals surface area contributed by atoms with Gasteiger partial charge in [0.1, 0.15) is 16.6 Å². The number of ketones is 3. The molecule has 3 unspecified atom stereocenters. The van der Waals surface area contributed by atoms with E-state index in [-0.39, 0.29) is 16.6 Å². The molecule has 6 aliphatic rings. The highest BCUT2D eigenvalue weighted by atomic mass is 16.1. The van der Waals surface area contributed by atoms with Crippen LogP contribution < -0.4 is 0 Å². The zero-order valence-corrected chi connectivity index (χ0v) is 33.3. The standard InChI is InChI=1S/3C16H21NO/c1-13-6-4-7-14(12-13)16(17-10-5-11-17)9-3-2-8-15(16)18;1-13-7-2-3-8-14(13)16(17-11-6-12-17)10-5-4-9-15(16)18;1-13-6-8-14(9-7-13)16(17-11-4-12-17)10-3-2-5-15(16)18/h4,6-7,12H,2-3,5,8-11H2,1H3;2-3,7-8H,4-6,9-12H2,1H3;6-9H,2-5,10-12H2,1H3. The first-order valence-corrected chi connectivity index (χ1v) is 21.3. The zero-order valence-electron chi connectivity index (χ0n) is 33.3. The van der Waals surface area contributed by atoms with Gasteiger partial charge in [-0.2, -0.15) is 0 Å². The van der Waals surface area contributed by atoms with Gasteiger partial charge in [0.2, 0.25) is 0 Å². The van der Waals surface area contributed by atoms with Crippen LogP contribution in [0.5, 0.6) is 0 Å². The quantitative estimate of drug-likeness (QED) is 0.252. The highest BCUT2D eigenvalue weighted by Gasteiger charge is 2.50. The maximum absolute atomic E-state index is 12.7. The van der Waals surface area contributed by atoms with Crippen molar-refractivity contribution in [3.63, 3.8) is 0 Å². The van der Waals surface area contributed by atoms with Gasteiger partial charge in [-0.25, -0.2) is 0 Å². The number of carbonyl (C=O) groups is 3. The molecule has 288 valence electrons. The van der Waals surface area contributed by atoms with E-state index in [1.54, 1.807) is 0 Å². The van der Waals surface area contributed by atoms with Crippen LogP contribution in [-0.2, 0) is 31.0 Å². The molecule has 0 radical (unpaired) electrons. The van der Waals surface area contributed by atoms with Gasteiger partial charge in [-0.05, 0) is 101 Å². The van der Waals surface area contributed by atoms with Crippen LogP contribution in [0.25, 0.3) is 0 Å². The maximum atomic E-state index is 12.7. The van der Waals surface area contributed by atoms with Crippen molar-refractivity contribution in [1.82, 2.24) is 14.7 Å². The summed E-state index contributed by atoms with van der Waals surface area (Å²) in [6, 6.07) is 25.6. The molecular formula is C48H63N3O3. The molecule has 3 aromatic carbocycles. The molecule has 54 heavy (non-hydrogen) atoms. The SMILES string of the molecule is Cc1ccc(C2(N3CCC3)CCCCC2=O)cc1.Cc1cccc(C2(N3CCC3)CCCCC2=O)c1.Cc1ccccc1C1(N2CCC2)CCCCC1=O. The summed E-state index contributed by atoms with van der Waals surface area (Å²) in [7, 11) is 0. The zero-order chi connectivity index (χ0) is 37.8. The van der Waals surface area contributed by atoms with Crippen LogP contribution in [0.15, 0.2) is 72.8 Å². The van der Waals surface area contributed by atoms with E-state index in [0.29, 0.717) is 17.3 Å². The topological polar surface area (TPSA) is 60.9 Å². The van der Waals surface area contributed by atoms with Gasteiger partial charge in [0.25, 0.3) is 0 Å². The monoisotopic (exact) mass is 729 g/mol. The van der Waals surface area contributed by atoms with E-state index in [1.165, 1.54) is 71.9 Å². The fraction of sp³-hybridized carbons (Fsp3) is 0.562. The number of carbonyl (C=O) groups excluding carboxylic acids is 3. The lowest BCUT2D eigenvalue weighted by atomic mass is 9.71. The van der Waals surface area contributed by atoms with Crippen molar-refractivity contribution >= 4 is 17.3 Å². The predicted molar refractivity (Wildman–Crippen MR) is 218 cm³/mol. The van der Waals surface area contributed by atoms with E-state index in [1.807, 2.05) is 0 Å². The van der Waals surface area contributed by atoms with Crippen LogP contribution >= 0.6 is 0 Å². The van der Waals surface area contributed by atoms with Crippen LogP contribution in [0.4, 0.5) is 0 Å².